The first-order valence-electron chi connectivity index (χ1n) is 18.7. The summed E-state index contributed by atoms with van der Waals surface area (Å²) in [5.74, 6) is 1.73. The molecule has 2 fully saturated rings. The number of hydrogen-bond donors (Lipinski definition) is 3. The van der Waals surface area contributed by atoms with E-state index in [0.717, 1.165) is 88.1 Å². The van der Waals surface area contributed by atoms with Gasteiger partial charge in [-0.3, -0.25) is 9.59 Å². The summed E-state index contributed by atoms with van der Waals surface area (Å²) < 4.78 is 4.77. The SMILES string of the molecule is COC(=O)N[C@H](C(=O)N1CCC[C@H]1c1ncc(-c2ccc3cc(-c4cc5nc([C@@H]6CCCN6C(=O)[C@@H](C)C(C)C)[nH]c5cc4Cl)ccc3c2)[nH]1)C(C)C.S.S.S.S. The lowest BCUT2D eigenvalue weighted by molar-refractivity contribution is -0.137. The van der Waals surface area contributed by atoms with Gasteiger partial charge in [0.2, 0.25) is 11.8 Å². The normalized spacial score (nSPS) is 17.4. The van der Waals surface area contributed by atoms with Crippen molar-refractivity contribution in [3.05, 3.63) is 71.4 Å². The number of likely N-dealkylation sites (tertiary alicyclic amines) is 2. The highest BCUT2D eigenvalue weighted by Crippen LogP contribution is 2.38. The molecule has 3 aromatic carbocycles. The molecule has 0 saturated carbocycles. The van der Waals surface area contributed by atoms with Crippen molar-refractivity contribution < 1.29 is 19.1 Å². The second kappa shape index (κ2) is 20.0. The van der Waals surface area contributed by atoms with Gasteiger partial charge in [0.05, 0.1) is 47.1 Å². The molecule has 0 radical (unpaired) electrons. The van der Waals surface area contributed by atoms with Crippen LogP contribution in [-0.4, -0.2) is 73.9 Å². The minimum Gasteiger partial charge on any atom is -0.453 e. The molecule has 0 aliphatic carbocycles. The molecule has 0 spiro atoms. The van der Waals surface area contributed by atoms with Gasteiger partial charge in [0.25, 0.3) is 0 Å². The number of carbonyl (C=O) groups excluding carboxylic acids is 3. The third-order valence-corrected chi connectivity index (χ3v) is 11.4. The minimum absolute atomic E-state index is 0. The van der Waals surface area contributed by atoms with E-state index in [-0.39, 0.29) is 95.6 Å². The summed E-state index contributed by atoms with van der Waals surface area (Å²) in [6.07, 6.45) is 4.68. The summed E-state index contributed by atoms with van der Waals surface area (Å²) in [4.78, 5) is 59.3. The van der Waals surface area contributed by atoms with Crippen LogP contribution in [0.2, 0.25) is 5.02 Å². The summed E-state index contributed by atoms with van der Waals surface area (Å²) in [6.45, 7) is 11.4. The van der Waals surface area contributed by atoms with Crippen LogP contribution >= 0.6 is 65.6 Å². The first-order valence-corrected chi connectivity index (χ1v) is 19.0. The Kier molecular flexibility index (Phi) is 16.8. The molecule has 4 heterocycles. The van der Waals surface area contributed by atoms with Gasteiger partial charge in [-0.25, -0.2) is 14.8 Å². The third kappa shape index (κ3) is 9.70. The van der Waals surface area contributed by atoms with E-state index in [9.17, 15) is 14.4 Å². The van der Waals surface area contributed by atoms with Crippen LogP contribution in [0.5, 0.6) is 0 Å². The quantitative estimate of drug-likeness (QED) is 0.135. The van der Waals surface area contributed by atoms with Crippen LogP contribution in [0, 0.1) is 17.8 Å². The number of benzene rings is 3. The van der Waals surface area contributed by atoms with Crippen molar-refractivity contribution in [2.75, 3.05) is 20.2 Å². The van der Waals surface area contributed by atoms with Crippen molar-refractivity contribution in [3.63, 3.8) is 0 Å². The molecule has 2 aromatic heterocycles. The van der Waals surface area contributed by atoms with Gasteiger partial charge < -0.3 is 29.8 Å². The lowest BCUT2D eigenvalue weighted by Crippen LogP contribution is -2.51. The lowest BCUT2D eigenvalue weighted by Gasteiger charge is -2.30. The van der Waals surface area contributed by atoms with E-state index in [1.165, 1.54) is 7.11 Å². The summed E-state index contributed by atoms with van der Waals surface area (Å²) in [7, 11) is 1.29. The predicted octanol–water partition coefficient (Wildman–Crippen LogP) is 8.88. The zero-order valence-corrected chi connectivity index (χ0v) is 38.0. The molecule has 11 nitrogen and oxygen atoms in total. The average Bonchev–Trinajstić information content (AvgIpc) is 3.98. The van der Waals surface area contributed by atoms with Gasteiger partial charge in [-0.1, -0.05) is 70.5 Å². The number of alkyl carbamates (subject to hydrolysis) is 1. The Balaban J connectivity index is 0.00000218. The van der Waals surface area contributed by atoms with Crippen LogP contribution in [0.1, 0.15) is 84.0 Å². The number of carbonyl (C=O) groups is 3. The number of H-pyrrole nitrogens is 2. The van der Waals surface area contributed by atoms with Crippen molar-refractivity contribution >= 4 is 105 Å². The highest BCUT2D eigenvalue weighted by Gasteiger charge is 2.38. The van der Waals surface area contributed by atoms with Crippen LogP contribution in [-0.2, 0) is 14.3 Å². The molecule has 16 heteroatoms. The standard InChI is InChI=1S/C41H48ClN7O4.4H2S/c1-22(2)24(5)39(50)48-15-8-10-35(48)38-44-31-19-29(30(42)20-32(31)45-38)27-13-11-26-18-28(14-12-25(26)17-27)33-21-43-37(46-33)34-9-7-16-49(34)40(51)36(23(3)4)47-41(52)53-6;;;;/h11-14,17-24,34-36H,7-10,15-16H2,1-6H3,(H,43,46)(H,44,45)(H,47,52);4*1H2/t24-,34-,35-,36-;;;;/m0..../s1. The molecule has 5 aromatic rings. The molecule has 0 bridgehead atoms. The van der Waals surface area contributed by atoms with Crippen LogP contribution in [0.25, 0.3) is 44.2 Å². The predicted molar refractivity (Wildman–Crippen MR) is 249 cm³/mol. The maximum absolute atomic E-state index is 13.6. The number of aromatic nitrogens is 4. The van der Waals surface area contributed by atoms with E-state index in [2.05, 4.69) is 65.5 Å². The molecule has 4 atom stereocenters. The van der Waals surface area contributed by atoms with Crippen molar-refractivity contribution in [2.45, 2.75) is 78.4 Å². The molecule has 0 unspecified atom stereocenters. The molecule has 2 aliphatic rings. The molecule has 3 N–H and O–H groups in total. The maximum atomic E-state index is 13.6. The Morgan fingerprint density at radius 1 is 0.789 bits per heavy atom. The summed E-state index contributed by atoms with van der Waals surface area (Å²) in [5.41, 5.74) is 5.41. The number of ether oxygens (including phenoxy) is 1. The monoisotopic (exact) mass is 873 g/mol. The second-order valence-corrected chi connectivity index (χ2v) is 15.6. The summed E-state index contributed by atoms with van der Waals surface area (Å²) in [5, 5.41) is 5.46. The largest absolute Gasteiger partial charge is 0.453 e. The number of fused-ring (bicyclic) bond motifs is 2. The number of amides is 3. The van der Waals surface area contributed by atoms with Crippen molar-refractivity contribution in [1.82, 2.24) is 35.1 Å². The lowest BCUT2D eigenvalue weighted by atomic mass is 9.96. The fourth-order valence-corrected chi connectivity index (χ4v) is 7.99. The van der Waals surface area contributed by atoms with Gasteiger partial charge in [0.15, 0.2) is 0 Å². The second-order valence-electron chi connectivity index (χ2n) is 15.2. The fraction of sp³-hybridized carbons (Fsp3) is 0.439. The highest BCUT2D eigenvalue weighted by atomic mass is 35.5. The van der Waals surface area contributed by atoms with E-state index in [1.807, 2.05) is 48.9 Å². The summed E-state index contributed by atoms with van der Waals surface area (Å²) in [6, 6.07) is 15.6. The zero-order valence-electron chi connectivity index (χ0n) is 33.2. The van der Waals surface area contributed by atoms with E-state index < -0.39 is 12.1 Å². The van der Waals surface area contributed by atoms with Gasteiger partial charge in [-0.2, -0.15) is 54.0 Å². The molecule has 2 aliphatic heterocycles. The van der Waals surface area contributed by atoms with Crippen molar-refractivity contribution in [1.29, 1.82) is 0 Å². The molecule has 3 amide bonds. The van der Waals surface area contributed by atoms with E-state index in [4.69, 9.17) is 26.3 Å². The Bertz CT molecular complexity index is 2190. The first-order chi connectivity index (χ1) is 25.4. The zero-order chi connectivity index (χ0) is 37.6. The van der Waals surface area contributed by atoms with E-state index >= 15 is 0 Å². The Morgan fingerprint density at radius 3 is 2.00 bits per heavy atom. The van der Waals surface area contributed by atoms with Crippen LogP contribution in [0.15, 0.2) is 54.7 Å². The van der Waals surface area contributed by atoms with Crippen molar-refractivity contribution in [3.8, 4) is 22.4 Å². The van der Waals surface area contributed by atoms with E-state index in [1.54, 1.807) is 0 Å². The smallest absolute Gasteiger partial charge is 0.407 e. The number of aromatic amines is 2. The molecule has 7 rings (SSSR count). The van der Waals surface area contributed by atoms with Crippen molar-refractivity contribution in [2.24, 2.45) is 17.8 Å². The van der Waals surface area contributed by atoms with E-state index in [0.29, 0.717) is 11.6 Å². The number of halogens is 1. The first kappa shape index (κ1) is 47.9. The molecular formula is C41H56ClN7O4S4. The van der Waals surface area contributed by atoms with Gasteiger partial charge in [-0.15, -0.1) is 0 Å². The topological polar surface area (TPSA) is 136 Å². The average molecular weight is 875 g/mol. The van der Waals surface area contributed by atoms with Gasteiger partial charge in [-0.05, 0) is 78.1 Å². The number of nitrogens with zero attached hydrogens (tertiary/aromatic N) is 4. The third-order valence-electron chi connectivity index (χ3n) is 11.1. The Labute approximate surface area is 367 Å². The number of imidazole rings is 2. The van der Waals surface area contributed by atoms with Gasteiger partial charge in [0.1, 0.15) is 17.7 Å². The Morgan fingerprint density at radius 2 is 1.39 bits per heavy atom. The highest BCUT2D eigenvalue weighted by molar-refractivity contribution is 7.59. The molecular weight excluding hydrogens is 818 g/mol. The van der Waals surface area contributed by atoms with Crippen LogP contribution in [0.4, 0.5) is 4.79 Å². The Hall–Kier alpha value is -3.50. The molecule has 57 heavy (non-hydrogen) atoms. The molecule has 310 valence electrons. The van der Waals surface area contributed by atoms with Crippen LogP contribution < -0.4 is 5.32 Å². The number of hydrogen-bond acceptors (Lipinski definition) is 6. The summed E-state index contributed by atoms with van der Waals surface area (Å²) >= 11 is 6.89. The number of methoxy groups -OCH3 is 1. The number of nitrogens with one attached hydrogen (secondary N) is 3. The minimum atomic E-state index is -0.685. The van der Waals surface area contributed by atoms with Gasteiger partial charge in [0, 0.05) is 30.1 Å². The molecule has 2 saturated heterocycles. The van der Waals surface area contributed by atoms with Gasteiger partial charge >= 0.3 is 6.09 Å². The fourth-order valence-electron chi connectivity index (χ4n) is 7.72. The maximum Gasteiger partial charge on any atom is 0.407 e. The van der Waals surface area contributed by atoms with Crippen LogP contribution in [0.3, 0.4) is 0 Å². The number of rotatable bonds is 9.